The Morgan fingerprint density at radius 2 is 1.74 bits per heavy atom. The number of rotatable bonds is 3. The van der Waals surface area contributed by atoms with E-state index in [0.29, 0.717) is 21.1 Å². The minimum atomic E-state index is 0.311. The monoisotopic (exact) mass is 321 g/mol. The van der Waals surface area contributed by atoms with Gasteiger partial charge in [0, 0.05) is 32.7 Å². The van der Waals surface area contributed by atoms with Crippen LogP contribution in [0.25, 0.3) is 0 Å². The zero-order valence-electron chi connectivity index (χ0n) is 11.2. The average molecular weight is 323 g/mol. The van der Waals surface area contributed by atoms with E-state index in [1.165, 1.54) is 0 Å². The molecule has 0 N–H and O–H groups in total. The van der Waals surface area contributed by atoms with E-state index in [1.807, 2.05) is 0 Å². The summed E-state index contributed by atoms with van der Waals surface area (Å²) in [6.45, 7) is 9.49. The second-order valence-corrected chi connectivity index (χ2v) is 6.42. The summed E-state index contributed by atoms with van der Waals surface area (Å²) in [5.74, 6) is 1.43. The Morgan fingerprint density at radius 3 is 2.32 bits per heavy atom. The zero-order chi connectivity index (χ0) is 14.0. The Balaban J connectivity index is 2.03. The molecule has 0 saturated carbocycles. The van der Waals surface area contributed by atoms with Crippen LogP contribution >= 0.6 is 34.8 Å². The Labute approximate surface area is 129 Å². The maximum atomic E-state index is 6.19. The van der Waals surface area contributed by atoms with Gasteiger partial charge in [0.05, 0.1) is 10.0 Å². The second kappa shape index (κ2) is 6.49. The Hall–Kier alpha value is -0.220. The lowest BCUT2D eigenvalue weighted by Crippen LogP contribution is -2.47. The van der Waals surface area contributed by atoms with Crippen LogP contribution in [0.1, 0.15) is 13.8 Å². The van der Waals surface area contributed by atoms with Gasteiger partial charge in [-0.15, -0.1) is 0 Å². The van der Waals surface area contributed by atoms with Gasteiger partial charge in [0.2, 0.25) is 0 Å². The van der Waals surface area contributed by atoms with Crippen molar-refractivity contribution < 1.29 is 0 Å². The maximum absolute atomic E-state index is 6.19. The van der Waals surface area contributed by atoms with Crippen LogP contribution in [0.5, 0.6) is 0 Å². The second-order valence-electron chi connectivity index (χ2n) is 5.25. The molecule has 2 rings (SSSR count). The van der Waals surface area contributed by atoms with Crippen molar-refractivity contribution in [3.05, 3.63) is 21.3 Å². The van der Waals surface area contributed by atoms with Crippen LogP contribution in [0.2, 0.25) is 15.2 Å². The molecule has 0 amide bonds. The molecule has 0 aromatic carbocycles. The first-order valence-electron chi connectivity index (χ1n) is 6.46. The van der Waals surface area contributed by atoms with E-state index in [2.05, 4.69) is 28.6 Å². The highest BCUT2D eigenvalue weighted by Gasteiger charge is 2.21. The highest BCUT2D eigenvalue weighted by Crippen LogP contribution is 2.31. The van der Waals surface area contributed by atoms with Crippen LogP contribution < -0.4 is 4.90 Å². The number of anilines is 1. The molecule has 1 fully saturated rings. The summed E-state index contributed by atoms with van der Waals surface area (Å²) in [6.07, 6.45) is 0. The van der Waals surface area contributed by atoms with Crippen molar-refractivity contribution >= 4 is 40.6 Å². The fourth-order valence-corrected chi connectivity index (χ4v) is 2.93. The summed E-state index contributed by atoms with van der Waals surface area (Å²) < 4.78 is 0. The molecule has 0 radical (unpaired) electrons. The molecular formula is C13H18Cl3N3. The molecule has 0 atom stereocenters. The lowest BCUT2D eigenvalue weighted by atomic mass is 10.2. The molecule has 1 aliphatic rings. The van der Waals surface area contributed by atoms with Crippen molar-refractivity contribution in [2.75, 3.05) is 37.6 Å². The molecule has 3 nitrogen and oxygen atoms in total. The molecule has 0 aliphatic carbocycles. The first-order chi connectivity index (χ1) is 8.97. The molecule has 1 aliphatic heterocycles. The van der Waals surface area contributed by atoms with Gasteiger partial charge in [0.25, 0.3) is 0 Å². The van der Waals surface area contributed by atoms with E-state index in [-0.39, 0.29) is 0 Å². The van der Waals surface area contributed by atoms with Gasteiger partial charge in [-0.2, -0.15) is 0 Å². The Morgan fingerprint density at radius 1 is 1.11 bits per heavy atom. The molecular weight excluding hydrogens is 305 g/mol. The van der Waals surface area contributed by atoms with Gasteiger partial charge in [0.1, 0.15) is 11.0 Å². The van der Waals surface area contributed by atoms with Crippen LogP contribution in [0, 0.1) is 5.92 Å². The highest BCUT2D eigenvalue weighted by atomic mass is 35.5. The number of hydrogen-bond acceptors (Lipinski definition) is 3. The zero-order valence-corrected chi connectivity index (χ0v) is 13.4. The molecule has 2 heterocycles. The first-order valence-corrected chi connectivity index (χ1v) is 7.59. The molecule has 1 aromatic heterocycles. The predicted octanol–water partition coefficient (Wildman–Crippen LogP) is 3.82. The van der Waals surface area contributed by atoms with Crippen LogP contribution in [-0.4, -0.2) is 42.6 Å². The smallest absolute Gasteiger partial charge is 0.150 e. The summed E-state index contributed by atoms with van der Waals surface area (Å²) in [4.78, 5) is 8.92. The van der Waals surface area contributed by atoms with Crippen LogP contribution in [0.4, 0.5) is 5.82 Å². The van der Waals surface area contributed by atoms with Crippen molar-refractivity contribution in [2.45, 2.75) is 13.8 Å². The number of nitrogens with zero attached hydrogens (tertiary/aromatic N) is 3. The summed E-state index contributed by atoms with van der Waals surface area (Å²) in [7, 11) is 0. The standard InChI is InChI=1S/C13H18Cl3N3/c1-9(2)8-18-3-5-19(6-4-18)13-11(15)7-10(14)12(16)17-13/h7,9H,3-6,8H2,1-2H3. The molecule has 19 heavy (non-hydrogen) atoms. The molecule has 1 aromatic rings. The number of hydrogen-bond donors (Lipinski definition) is 0. The van der Waals surface area contributed by atoms with Gasteiger partial charge in [-0.25, -0.2) is 4.98 Å². The third-order valence-corrected chi connectivity index (χ3v) is 4.11. The SMILES string of the molecule is CC(C)CN1CCN(c2nc(Cl)c(Cl)cc2Cl)CC1. The van der Waals surface area contributed by atoms with Crippen LogP contribution in [-0.2, 0) is 0 Å². The van der Waals surface area contributed by atoms with E-state index < -0.39 is 0 Å². The summed E-state index contributed by atoms with van der Waals surface area (Å²) in [5, 5.41) is 1.27. The predicted molar refractivity (Wildman–Crippen MR) is 82.8 cm³/mol. The fourth-order valence-electron chi connectivity index (χ4n) is 2.32. The minimum Gasteiger partial charge on any atom is -0.353 e. The van der Waals surface area contributed by atoms with Crippen molar-refractivity contribution in [2.24, 2.45) is 5.92 Å². The third kappa shape index (κ3) is 3.88. The van der Waals surface area contributed by atoms with Crippen molar-refractivity contribution in [3.63, 3.8) is 0 Å². The number of piperazine rings is 1. The van der Waals surface area contributed by atoms with Crippen LogP contribution in [0.3, 0.4) is 0 Å². The van der Waals surface area contributed by atoms with E-state index in [1.54, 1.807) is 6.07 Å². The van der Waals surface area contributed by atoms with Crippen LogP contribution in [0.15, 0.2) is 6.07 Å². The number of aromatic nitrogens is 1. The van der Waals surface area contributed by atoms with Crippen molar-refractivity contribution in [3.8, 4) is 0 Å². The summed E-state index contributed by atoms with van der Waals surface area (Å²) >= 11 is 18.1. The number of pyridine rings is 1. The lowest BCUT2D eigenvalue weighted by Gasteiger charge is -2.36. The Bertz CT molecular complexity index is 443. The fraction of sp³-hybridized carbons (Fsp3) is 0.615. The lowest BCUT2D eigenvalue weighted by molar-refractivity contribution is 0.231. The summed E-state index contributed by atoms with van der Waals surface area (Å²) in [6, 6.07) is 1.66. The van der Waals surface area contributed by atoms with E-state index in [4.69, 9.17) is 34.8 Å². The van der Waals surface area contributed by atoms with Gasteiger partial charge in [0.15, 0.2) is 0 Å². The van der Waals surface area contributed by atoms with Crippen molar-refractivity contribution in [1.29, 1.82) is 0 Å². The van der Waals surface area contributed by atoms with E-state index >= 15 is 0 Å². The molecule has 0 unspecified atom stereocenters. The van der Waals surface area contributed by atoms with E-state index in [9.17, 15) is 0 Å². The van der Waals surface area contributed by atoms with Gasteiger partial charge in [-0.05, 0) is 12.0 Å². The largest absolute Gasteiger partial charge is 0.353 e. The third-order valence-electron chi connectivity index (χ3n) is 3.16. The van der Waals surface area contributed by atoms with E-state index in [0.717, 1.165) is 38.5 Å². The molecule has 0 bridgehead atoms. The van der Waals surface area contributed by atoms with Gasteiger partial charge >= 0.3 is 0 Å². The maximum Gasteiger partial charge on any atom is 0.150 e. The Kier molecular flexibility index (Phi) is 5.18. The quantitative estimate of drug-likeness (QED) is 0.789. The molecule has 106 valence electrons. The molecule has 1 saturated heterocycles. The van der Waals surface area contributed by atoms with Gasteiger partial charge in [-0.1, -0.05) is 48.7 Å². The topological polar surface area (TPSA) is 19.4 Å². The minimum absolute atomic E-state index is 0.311. The normalized spacial score (nSPS) is 17.3. The van der Waals surface area contributed by atoms with Crippen molar-refractivity contribution in [1.82, 2.24) is 9.88 Å². The van der Waals surface area contributed by atoms with Gasteiger partial charge in [-0.3, -0.25) is 4.90 Å². The average Bonchev–Trinajstić information content (AvgIpc) is 2.34. The molecule has 0 spiro atoms. The first kappa shape index (κ1) is 15.2. The van der Waals surface area contributed by atoms with Gasteiger partial charge < -0.3 is 4.90 Å². The molecule has 6 heteroatoms. The summed E-state index contributed by atoms with van der Waals surface area (Å²) in [5.41, 5.74) is 0. The number of halogens is 3. The highest BCUT2D eigenvalue weighted by molar-refractivity contribution is 6.42.